The van der Waals surface area contributed by atoms with Crippen LogP contribution < -0.4 is 14.2 Å². The molecule has 0 radical (unpaired) electrons. The molecule has 3 heterocycles. The van der Waals surface area contributed by atoms with Crippen LogP contribution >= 0.6 is 11.3 Å². The Morgan fingerprint density at radius 1 is 1.10 bits per heavy atom. The zero-order chi connectivity index (χ0) is 21.3. The first-order valence-electron chi connectivity index (χ1n) is 9.44. The molecule has 2 aliphatic rings. The van der Waals surface area contributed by atoms with Crippen molar-refractivity contribution in [3.8, 4) is 17.2 Å². The molecule has 4 rings (SSSR count). The molecule has 9 nitrogen and oxygen atoms in total. The number of Topliss-reactive ketones (excluding diaryl/α,β-unsaturated/α-hetero) is 1. The van der Waals surface area contributed by atoms with E-state index in [2.05, 4.69) is 0 Å². The maximum Gasteiger partial charge on any atom is 0.231 e. The molecule has 4 N–H and O–H groups in total. The fourth-order valence-corrected chi connectivity index (χ4v) is 4.14. The minimum absolute atomic E-state index is 0.151. The van der Waals surface area contributed by atoms with Gasteiger partial charge in [0.2, 0.25) is 13.1 Å². The smallest absolute Gasteiger partial charge is 0.231 e. The van der Waals surface area contributed by atoms with Crippen LogP contribution in [0.3, 0.4) is 0 Å². The Hall–Kier alpha value is -2.21. The van der Waals surface area contributed by atoms with Gasteiger partial charge in [0.15, 0.2) is 17.3 Å². The summed E-state index contributed by atoms with van der Waals surface area (Å²) in [7, 11) is 0. The van der Waals surface area contributed by atoms with Crippen LogP contribution in [-0.2, 0) is 11.2 Å². The quantitative estimate of drug-likeness (QED) is 0.455. The van der Waals surface area contributed by atoms with Crippen molar-refractivity contribution < 1.29 is 44.2 Å². The van der Waals surface area contributed by atoms with Crippen LogP contribution in [0.4, 0.5) is 0 Å². The van der Waals surface area contributed by atoms with Gasteiger partial charge in [0.1, 0.15) is 35.0 Å². The largest absolute Gasteiger partial charge is 0.460 e. The summed E-state index contributed by atoms with van der Waals surface area (Å²) in [5.74, 6) is 1.39. The molecule has 1 saturated heterocycles. The number of ketones is 1. The van der Waals surface area contributed by atoms with Crippen molar-refractivity contribution in [1.82, 2.24) is 0 Å². The van der Waals surface area contributed by atoms with Crippen molar-refractivity contribution >= 4 is 17.1 Å². The van der Waals surface area contributed by atoms with E-state index in [-0.39, 0.29) is 24.7 Å². The average molecular weight is 438 g/mol. The molecule has 1 fully saturated rings. The van der Waals surface area contributed by atoms with Crippen molar-refractivity contribution in [2.45, 2.75) is 43.5 Å². The molecule has 0 aliphatic carbocycles. The van der Waals surface area contributed by atoms with Crippen LogP contribution in [0.15, 0.2) is 29.6 Å². The first-order chi connectivity index (χ1) is 14.5. The Morgan fingerprint density at radius 2 is 1.90 bits per heavy atom. The molecule has 0 bridgehead atoms. The molecule has 0 amide bonds. The minimum atomic E-state index is -1.55. The van der Waals surface area contributed by atoms with Crippen LogP contribution in [0.2, 0.25) is 0 Å². The highest BCUT2D eigenvalue weighted by molar-refractivity contribution is 7.12. The zero-order valence-electron chi connectivity index (χ0n) is 15.8. The predicted octanol–water partition coefficient (Wildman–Crippen LogP) is 0.471. The number of hydrogen-bond donors (Lipinski definition) is 4. The second-order valence-electron chi connectivity index (χ2n) is 7.04. The number of fused-ring (bicyclic) bond motifs is 1. The summed E-state index contributed by atoms with van der Waals surface area (Å²) in [6.45, 7) is -0.374. The second kappa shape index (κ2) is 8.88. The van der Waals surface area contributed by atoms with Gasteiger partial charge in [-0.15, -0.1) is 11.3 Å². The molecule has 2 aliphatic heterocycles. The molecular formula is C20H22O9S. The van der Waals surface area contributed by atoms with Crippen LogP contribution in [0.5, 0.6) is 17.2 Å². The van der Waals surface area contributed by atoms with E-state index in [1.165, 1.54) is 11.3 Å². The molecule has 0 saturated carbocycles. The van der Waals surface area contributed by atoms with E-state index in [4.69, 9.17) is 18.9 Å². The van der Waals surface area contributed by atoms with Gasteiger partial charge in [-0.1, -0.05) is 6.07 Å². The van der Waals surface area contributed by atoms with Crippen molar-refractivity contribution in [3.05, 3.63) is 40.1 Å². The van der Waals surface area contributed by atoms with E-state index in [0.29, 0.717) is 22.8 Å². The number of carbonyl (C=O) groups excluding carboxylic acids is 1. The number of aliphatic hydroxyl groups excluding tert-OH is 4. The Labute approximate surface area is 176 Å². The molecule has 10 heteroatoms. The number of carbonyl (C=O) groups is 1. The monoisotopic (exact) mass is 438 g/mol. The number of thiophene rings is 1. The molecule has 2 aromatic rings. The van der Waals surface area contributed by atoms with E-state index < -0.39 is 37.3 Å². The van der Waals surface area contributed by atoms with Crippen molar-refractivity contribution in [1.29, 1.82) is 0 Å². The molecule has 1 aromatic heterocycles. The fraction of sp³-hybridized carbons (Fsp3) is 0.450. The Kier molecular flexibility index (Phi) is 6.23. The summed E-state index contributed by atoms with van der Waals surface area (Å²) in [5.41, 5.74) is 0.931. The molecule has 5 atom stereocenters. The van der Waals surface area contributed by atoms with Gasteiger partial charge in [-0.2, -0.15) is 0 Å². The molecule has 1 aromatic carbocycles. The summed E-state index contributed by atoms with van der Waals surface area (Å²) in [6.07, 6.45) is -6.27. The lowest BCUT2D eigenvalue weighted by atomic mass is 9.99. The third kappa shape index (κ3) is 4.15. The van der Waals surface area contributed by atoms with E-state index in [1.54, 1.807) is 17.5 Å². The maximum atomic E-state index is 12.7. The topological polar surface area (TPSA) is 135 Å². The lowest BCUT2D eigenvalue weighted by molar-refractivity contribution is -0.277. The van der Waals surface area contributed by atoms with Gasteiger partial charge in [-0.25, -0.2) is 0 Å². The van der Waals surface area contributed by atoms with Crippen LogP contribution in [0.25, 0.3) is 0 Å². The summed E-state index contributed by atoms with van der Waals surface area (Å²) in [5, 5.41) is 40.9. The van der Waals surface area contributed by atoms with E-state index in [0.717, 1.165) is 5.56 Å². The SMILES string of the molecule is O=C(CCc1ccc2c(c1)OCO2)c1sccc1OC1OC(CO)C(O)C(O)C1O. The predicted molar refractivity (Wildman–Crippen MR) is 104 cm³/mol. The van der Waals surface area contributed by atoms with Gasteiger partial charge < -0.3 is 39.4 Å². The van der Waals surface area contributed by atoms with Gasteiger partial charge in [0.05, 0.1) is 6.61 Å². The highest BCUT2D eigenvalue weighted by atomic mass is 32.1. The molecule has 162 valence electrons. The molecule has 5 unspecified atom stereocenters. The van der Waals surface area contributed by atoms with Gasteiger partial charge >= 0.3 is 0 Å². The molecule has 0 spiro atoms. The standard InChI is InChI=1S/C20H22O9S/c21-8-15-16(23)17(24)18(25)20(29-15)28-13-5-6-30-19(13)11(22)3-1-10-2-4-12-14(7-10)27-9-26-12/h2,4-7,15-18,20-21,23-25H,1,3,8-9H2. The number of ether oxygens (including phenoxy) is 4. The van der Waals surface area contributed by atoms with Gasteiger partial charge in [-0.3, -0.25) is 4.79 Å². The van der Waals surface area contributed by atoms with E-state index >= 15 is 0 Å². The normalized spacial score (nSPS) is 27.8. The highest BCUT2D eigenvalue weighted by Crippen LogP contribution is 2.34. The first kappa shape index (κ1) is 21.0. The zero-order valence-corrected chi connectivity index (χ0v) is 16.7. The highest BCUT2D eigenvalue weighted by Gasteiger charge is 2.45. The summed E-state index contributed by atoms with van der Waals surface area (Å²) in [4.78, 5) is 13.1. The summed E-state index contributed by atoms with van der Waals surface area (Å²) < 4.78 is 21.6. The minimum Gasteiger partial charge on any atom is -0.460 e. The third-order valence-corrected chi connectivity index (χ3v) is 5.99. The van der Waals surface area contributed by atoms with Gasteiger partial charge in [0, 0.05) is 6.42 Å². The molecular weight excluding hydrogens is 416 g/mol. The van der Waals surface area contributed by atoms with Crippen molar-refractivity contribution in [2.75, 3.05) is 13.4 Å². The Morgan fingerprint density at radius 3 is 2.70 bits per heavy atom. The Bertz CT molecular complexity index is 896. The molecule has 30 heavy (non-hydrogen) atoms. The van der Waals surface area contributed by atoms with Gasteiger partial charge in [-0.05, 0) is 35.6 Å². The number of hydrogen-bond acceptors (Lipinski definition) is 10. The van der Waals surface area contributed by atoms with E-state index in [1.807, 2.05) is 12.1 Å². The number of rotatable bonds is 7. The van der Waals surface area contributed by atoms with Crippen LogP contribution in [0.1, 0.15) is 21.7 Å². The van der Waals surface area contributed by atoms with Crippen molar-refractivity contribution in [3.63, 3.8) is 0 Å². The maximum absolute atomic E-state index is 12.7. The Balaban J connectivity index is 1.40. The summed E-state index contributed by atoms with van der Waals surface area (Å²) >= 11 is 1.19. The second-order valence-corrected chi connectivity index (χ2v) is 7.96. The van der Waals surface area contributed by atoms with Crippen LogP contribution in [0, 0.1) is 0 Å². The van der Waals surface area contributed by atoms with Crippen molar-refractivity contribution in [2.24, 2.45) is 0 Å². The third-order valence-electron chi connectivity index (χ3n) is 5.05. The fourth-order valence-electron chi connectivity index (χ4n) is 3.35. The number of aliphatic hydroxyl groups is 4. The lowest BCUT2D eigenvalue weighted by Crippen LogP contribution is -2.60. The number of benzene rings is 1. The first-order valence-corrected chi connectivity index (χ1v) is 10.3. The van der Waals surface area contributed by atoms with Gasteiger partial charge in [0.25, 0.3) is 0 Å². The average Bonchev–Trinajstić information content (AvgIpc) is 3.41. The number of aryl methyl sites for hydroxylation is 1. The lowest BCUT2D eigenvalue weighted by Gasteiger charge is -2.39. The summed E-state index contributed by atoms with van der Waals surface area (Å²) in [6, 6.07) is 7.09. The van der Waals surface area contributed by atoms with E-state index in [9.17, 15) is 25.2 Å². The van der Waals surface area contributed by atoms with Crippen LogP contribution in [-0.4, -0.2) is 70.3 Å².